The molecule has 0 bridgehead atoms. The fourth-order valence-electron chi connectivity index (χ4n) is 12.0. The molecule has 36 nitrogen and oxygen atoms in total. The van der Waals surface area contributed by atoms with Crippen molar-refractivity contribution in [2.75, 3.05) is 57.4 Å². The number of nitrogens with one attached hydrogen (secondary N) is 12. The minimum atomic E-state index is -1.79. The topological polar surface area (TPSA) is 572 Å². The minimum absolute atomic E-state index is 0.00517. The Bertz CT molecular complexity index is 3230. The molecule has 38 heteroatoms. The Balaban J connectivity index is 1.33. The maximum atomic E-state index is 14.9. The van der Waals surface area contributed by atoms with Crippen LogP contribution in [0.3, 0.4) is 0 Å². The van der Waals surface area contributed by atoms with Crippen LogP contribution < -0.4 is 87.2 Å². The molecule has 2 aromatic rings. The van der Waals surface area contributed by atoms with Gasteiger partial charge in [-0.1, -0.05) is 85.5 Å². The number of aliphatic hydroxyl groups is 2. The number of primary amides is 1. The Morgan fingerprint density at radius 2 is 1.34 bits per heavy atom. The molecule has 0 saturated carbocycles. The molecule has 105 heavy (non-hydrogen) atoms. The monoisotopic (exact) mass is 1510 g/mol. The fraction of sp³-hybridized carbons (Fsp3) is 0.657. The molecule has 1 aromatic heterocycles. The van der Waals surface area contributed by atoms with E-state index in [-0.39, 0.29) is 107 Å². The molecule has 4 heterocycles. The number of H-pyrrole nitrogens is 1. The van der Waals surface area contributed by atoms with E-state index in [2.05, 4.69) is 73.4 Å². The van der Waals surface area contributed by atoms with Crippen LogP contribution in [0.4, 0.5) is 0 Å². The summed E-state index contributed by atoms with van der Waals surface area (Å²) in [6.45, 7) is 6.18. The summed E-state index contributed by atoms with van der Waals surface area (Å²) < 4.78 is 0. The largest absolute Gasteiger partial charge is 0.394 e. The first-order valence-corrected chi connectivity index (χ1v) is 38.3. The molecule has 3 saturated heterocycles. The van der Waals surface area contributed by atoms with Crippen LogP contribution in [0.5, 0.6) is 0 Å². The maximum Gasteiger partial charge on any atom is 0.245 e. The Kier molecular flexibility index (Phi) is 37.8. The van der Waals surface area contributed by atoms with Gasteiger partial charge >= 0.3 is 0 Å². The lowest BCUT2D eigenvalue weighted by Crippen LogP contribution is -2.62. The second kappa shape index (κ2) is 45.6. The molecule has 0 radical (unpaired) electrons. The van der Waals surface area contributed by atoms with Gasteiger partial charge in [-0.3, -0.25) is 72.6 Å². The summed E-state index contributed by atoms with van der Waals surface area (Å²) >= 11 is 0. The summed E-state index contributed by atoms with van der Waals surface area (Å²) in [5.41, 5.74) is 29.8. The van der Waals surface area contributed by atoms with Gasteiger partial charge in [0.25, 0.3) is 0 Å². The molecular weight excluding hydrogens is 1400 g/mol. The van der Waals surface area contributed by atoms with Gasteiger partial charge in [0.2, 0.25) is 76.8 Å². The van der Waals surface area contributed by atoms with Crippen molar-refractivity contribution >= 4 is 104 Å². The summed E-state index contributed by atoms with van der Waals surface area (Å²) in [6.07, 6.45) is 4.70. The van der Waals surface area contributed by atoms with E-state index in [0.29, 0.717) is 63.6 Å². The zero-order valence-corrected chi connectivity index (χ0v) is 61.8. The first-order valence-electron chi connectivity index (χ1n) is 35.8. The molecule has 3 aliphatic rings. The highest BCUT2D eigenvalue weighted by molar-refractivity contribution is 8.76. The zero-order chi connectivity index (χ0) is 77.1. The Morgan fingerprint density at radius 1 is 0.705 bits per heavy atom. The highest BCUT2D eigenvalue weighted by Crippen LogP contribution is 2.26. The van der Waals surface area contributed by atoms with E-state index in [1.54, 1.807) is 13.8 Å². The number of aliphatic hydroxyl groups excluding tert-OH is 2. The van der Waals surface area contributed by atoms with Crippen molar-refractivity contribution in [1.82, 2.24) is 78.3 Å². The molecular formula is C67H109N21O15S2. The van der Waals surface area contributed by atoms with Gasteiger partial charge in [-0.05, 0) is 108 Å². The van der Waals surface area contributed by atoms with Gasteiger partial charge in [-0.2, -0.15) is 0 Å². The molecule has 1 unspecified atom stereocenters. The summed E-state index contributed by atoms with van der Waals surface area (Å²) in [4.78, 5) is 195. The number of nitrogens with two attached hydrogens (primary N) is 5. The fourth-order valence-corrected chi connectivity index (χ4v) is 14.3. The summed E-state index contributed by atoms with van der Waals surface area (Å²) in [7, 11) is 1.97. The third kappa shape index (κ3) is 29.6. The van der Waals surface area contributed by atoms with Crippen molar-refractivity contribution in [3.8, 4) is 0 Å². The molecule has 13 amide bonds. The number of unbranched alkanes of at least 4 members (excludes halogenated alkanes) is 2. The molecule has 0 spiro atoms. The highest BCUT2D eigenvalue weighted by Gasteiger charge is 2.42. The first-order chi connectivity index (χ1) is 50.1. The van der Waals surface area contributed by atoms with Gasteiger partial charge in [-0.25, -0.2) is 4.98 Å². The number of hydrogen-bond donors (Lipinski definition) is 19. The smallest absolute Gasteiger partial charge is 0.245 e. The van der Waals surface area contributed by atoms with Crippen LogP contribution in [0.15, 0.2) is 47.8 Å². The normalized spacial score (nSPS) is 20.7. The third-order valence-electron chi connectivity index (χ3n) is 17.8. The maximum absolute atomic E-state index is 14.9. The average Bonchev–Trinajstić information content (AvgIpc) is 1.77. The summed E-state index contributed by atoms with van der Waals surface area (Å²) in [5, 5.41) is 52.1. The van der Waals surface area contributed by atoms with Gasteiger partial charge < -0.3 is 107 Å². The number of guanidine groups is 1. The Morgan fingerprint density at radius 3 is 1.98 bits per heavy atom. The van der Waals surface area contributed by atoms with Crippen molar-refractivity contribution in [3.05, 3.63) is 54.1 Å². The number of likely N-dealkylation sites (tertiary alicyclic amines) is 2. The second-order valence-electron chi connectivity index (χ2n) is 26.7. The van der Waals surface area contributed by atoms with Crippen molar-refractivity contribution in [2.45, 2.75) is 216 Å². The number of rotatable bonds is 40. The third-order valence-corrected chi connectivity index (χ3v) is 20.2. The molecule has 3 aliphatic heterocycles. The number of aromatic nitrogens is 2. The van der Waals surface area contributed by atoms with E-state index in [4.69, 9.17) is 28.7 Å². The van der Waals surface area contributed by atoms with Gasteiger partial charge in [0.05, 0.1) is 37.6 Å². The predicted molar refractivity (Wildman–Crippen MR) is 392 cm³/mol. The van der Waals surface area contributed by atoms with Gasteiger partial charge in [-0.15, -0.1) is 0 Å². The average molecular weight is 1510 g/mol. The van der Waals surface area contributed by atoms with Crippen LogP contribution in [0.25, 0.3) is 0 Å². The number of benzene rings is 1. The van der Waals surface area contributed by atoms with Gasteiger partial charge in [0.15, 0.2) is 5.96 Å². The molecule has 584 valence electrons. The summed E-state index contributed by atoms with van der Waals surface area (Å²) in [6, 6.07) is -5.65. The number of carbonyl (C=O) groups is 13. The van der Waals surface area contributed by atoms with Crippen molar-refractivity contribution in [3.63, 3.8) is 0 Å². The highest BCUT2D eigenvalue weighted by atomic mass is 33.1. The van der Waals surface area contributed by atoms with E-state index < -0.39 is 163 Å². The number of carbonyl (C=O) groups excluding carboxylic acids is 13. The molecule has 13 atom stereocenters. The number of amides is 13. The molecule has 0 aliphatic carbocycles. The van der Waals surface area contributed by atoms with Crippen LogP contribution in [0, 0.1) is 5.92 Å². The molecule has 3 fully saturated rings. The van der Waals surface area contributed by atoms with Gasteiger partial charge in [0, 0.05) is 62.4 Å². The standard InChI is InChI=1S/C67H109N21O15S2/c1-5-6-17-42(56(93)74-27-24-40-15-8-7-9-16-40)80-64(101)51-20-13-28-87(51)54(91)33-76-57(94)43(18-10-11-25-68)78-62(99)49-35-104-105-36-50(63(100)83-46(30-38(2)3)59(96)84-48(34-89)61(98)85-49)86-65(102)52-21-14-29-88(52)66(103)45(19-12-26-75-67(71)72)81-58(95)44(22-23-53(70)90)79-60(97)47(82-55(92)39(4)69)31-41-32-73-37-77-41/h7-9,15-16,32,37-39,42-52,58,81,89,95H,5-6,10-14,17-31,33-36,68-69H2,1-4H3,(H2,70,90)(H,73,77)(H,74,93)(H,76,94)(H,78,99)(H,79,97)(H,80,101)(H,82,92)(H,83,100)(H,84,96)(H,85,98)(H,86,102)(H4,71,72,75)/t39-,42-,43+,44-,45-,46-,47-,48+,49+,50-,51+,52-,58?/m0/s1. The van der Waals surface area contributed by atoms with E-state index in [1.165, 1.54) is 29.2 Å². The predicted octanol–water partition coefficient (Wildman–Crippen LogP) is -5.02. The van der Waals surface area contributed by atoms with Crippen molar-refractivity contribution in [1.29, 1.82) is 0 Å². The van der Waals surface area contributed by atoms with Crippen LogP contribution >= 0.6 is 21.6 Å². The first kappa shape index (κ1) is 86.9. The van der Waals surface area contributed by atoms with Crippen LogP contribution in [-0.2, 0) is 75.2 Å². The van der Waals surface area contributed by atoms with Gasteiger partial charge in [0.1, 0.15) is 60.6 Å². The van der Waals surface area contributed by atoms with Crippen molar-refractivity contribution < 1.29 is 72.5 Å². The minimum Gasteiger partial charge on any atom is -0.394 e. The van der Waals surface area contributed by atoms with E-state index in [1.807, 2.05) is 37.3 Å². The number of aromatic amines is 1. The number of nitrogens with zero attached hydrogens (tertiary/aromatic N) is 4. The summed E-state index contributed by atoms with van der Waals surface area (Å²) in [5.74, 6) is -10.6. The van der Waals surface area contributed by atoms with Crippen LogP contribution in [0.1, 0.15) is 135 Å². The second-order valence-corrected chi connectivity index (χ2v) is 29.3. The number of hydrogen-bond acceptors (Lipinski definition) is 22. The Hall–Kier alpha value is -8.69. The molecule has 1 aromatic carbocycles. The number of imidazole rings is 1. The molecule has 24 N–H and O–H groups in total. The van der Waals surface area contributed by atoms with E-state index in [0.717, 1.165) is 33.6 Å². The lowest BCUT2D eigenvalue weighted by atomic mass is 10.0. The Labute approximate surface area is 619 Å². The number of aliphatic imine (C=N–C) groups is 1. The molecule has 5 rings (SSSR count). The SMILES string of the molecule is CCCC[C@H](NC(=O)[C@H]1CCCN1C(=O)CNC(=O)[C@@H](CCCCN)NC(=O)[C@H]1CSSC[C@H](NC(=O)[C@@H]2CCCN2C(=O)[C@H](CCCN=C(N)N)NC(O)[C@H](CCC(N)=O)NC(=O)[C@H](Cc2cnc[nH]2)NC(=O)[C@H](C)N)C(=O)N[C@@H](CC(C)C)C(=O)N[C@H](CO)C(=O)N1)C(=O)NCCc1ccccc1. The van der Waals surface area contributed by atoms with Crippen LogP contribution in [-0.4, -0.2) is 249 Å². The van der Waals surface area contributed by atoms with E-state index >= 15 is 0 Å². The lowest BCUT2D eigenvalue weighted by molar-refractivity contribution is -0.142. The quantitative estimate of drug-likeness (QED) is 0.00976. The van der Waals surface area contributed by atoms with Crippen molar-refractivity contribution in [2.24, 2.45) is 39.6 Å². The zero-order valence-electron chi connectivity index (χ0n) is 60.2. The van der Waals surface area contributed by atoms with E-state index in [9.17, 15) is 72.5 Å². The lowest BCUT2D eigenvalue weighted by Gasteiger charge is -2.33. The van der Waals surface area contributed by atoms with Crippen LogP contribution in [0.2, 0.25) is 0 Å².